The van der Waals surface area contributed by atoms with Crippen LogP contribution in [0.1, 0.15) is 17.4 Å². The summed E-state index contributed by atoms with van der Waals surface area (Å²) in [5.41, 5.74) is 0.823. The second-order valence-corrected chi connectivity index (χ2v) is 4.11. The minimum atomic E-state index is -0.331. The van der Waals surface area contributed by atoms with E-state index in [0.717, 1.165) is 6.54 Å². The van der Waals surface area contributed by atoms with Gasteiger partial charge in [-0.1, -0.05) is 6.92 Å². The van der Waals surface area contributed by atoms with Crippen LogP contribution in [0.2, 0.25) is 0 Å². The van der Waals surface area contributed by atoms with Gasteiger partial charge in [-0.05, 0) is 30.8 Å². The minimum Gasteiger partial charge on any atom is -0.349 e. The molecule has 0 saturated carbocycles. The van der Waals surface area contributed by atoms with E-state index in [4.69, 9.17) is 0 Å². The first-order valence-electron chi connectivity index (χ1n) is 6.38. The van der Waals surface area contributed by atoms with Gasteiger partial charge < -0.3 is 10.6 Å². The average Bonchev–Trinajstić information content (AvgIpc) is 2.94. The molecule has 1 amide bonds. The molecule has 2 rings (SSSR count). The molecule has 0 atom stereocenters. The Balaban J connectivity index is 0.00000220. The van der Waals surface area contributed by atoms with E-state index >= 15 is 0 Å². The summed E-state index contributed by atoms with van der Waals surface area (Å²) in [6, 6.07) is 5.72. The van der Waals surface area contributed by atoms with Crippen molar-refractivity contribution in [3.05, 3.63) is 42.0 Å². The third-order valence-electron chi connectivity index (χ3n) is 2.62. The van der Waals surface area contributed by atoms with E-state index in [0.29, 0.717) is 18.8 Å². The number of amides is 1. The first-order valence-corrected chi connectivity index (χ1v) is 6.38. The second-order valence-electron chi connectivity index (χ2n) is 4.11. The first kappa shape index (κ1) is 17.1. The number of halogens is 2. The lowest BCUT2D eigenvalue weighted by Crippen LogP contribution is -2.32. The Bertz CT molecular complexity index is 572. The van der Waals surface area contributed by atoms with Crippen LogP contribution >= 0.6 is 12.4 Å². The maximum absolute atomic E-state index is 12.8. The van der Waals surface area contributed by atoms with Gasteiger partial charge in [0.25, 0.3) is 5.91 Å². The van der Waals surface area contributed by atoms with Crippen LogP contribution in [0.15, 0.2) is 30.5 Å². The Morgan fingerprint density at radius 1 is 1.29 bits per heavy atom. The molecule has 0 aliphatic heterocycles. The Morgan fingerprint density at radius 2 is 2.00 bits per heavy atom. The lowest BCUT2D eigenvalue weighted by Gasteiger charge is -2.03. The average molecular weight is 314 g/mol. The molecule has 6 nitrogen and oxygen atoms in total. The molecule has 0 spiro atoms. The van der Waals surface area contributed by atoms with Gasteiger partial charge in [0.05, 0.1) is 11.9 Å². The van der Waals surface area contributed by atoms with Crippen molar-refractivity contribution in [1.29, 1.82) is 0 Å². The van der Waals surface area contributed by atoms with Crippen LogP contribution in [0, 0.1) is 5.82 Å². The number of likely N-dealkylation sites (N-methyl/N-ethyl adjacent to an activating group) is 1. The van der Waals surface area contributed by atoms with Crippen molar-refractivity contribution in [2.24, 2.45) is 0 Å². The smallest absolute Gasteiger partial charge is 0.273 e. The predicted octanol–water partition coefficient (Wildman–Crippen LogP) is 1.17. The molecule has 1 heterocycles. The van der Waals surface area contributed by atoms with Crippen molar-refractivity contribution in [2.75, 3.05) is 19.6 Å². The summed E-state index contributed by atoms with van der Waals surface area (Å²) in [5, 5.41) is 13.9. The molecule has 0 fully saturated rings. The second kappa shape index (κ2) is 8.33. The highest BCUT2D eigenvalue weighted by Gasteiger charge is 2.10. The summed E-state index contributed by atoms with van der Waals surface area (Å²) in [5.74, 6) is -0.612. The number of aromatic nitrogens is 3. The van der Waals surface area contributed by atoms with Gasteiger partial charge in [-0.2, -0.15) is 9.90 Å². The molecule has 0 aliphatic rings. The molecule has 0 aliphatic carbocycles. The van der Waals surface area contributed by atoms with Crippen molar-refractivity contribution in [1.82, 2.24) is 25.6 Å². The van der Waals surface area contributed by atoms with Gasteiger partial charge in [0, 0.05) is 13.1 Å². The lowest BCUT2D eigenvalue weighted by molar-refractivity contribution is 0.0948. The maximum Gasteiger partial charge on any atom is 0.273 e. The molecule has 1 aromatic carbocycles. The van der Waals surface area contributed by atoms with Crippen LogP contribution in [0.3, 0.4) is 0 Å². The zero-order valence-electron chi connectivity index (χ0n) is 11.5. The van der Waals surface area contributed by atoms with E-state index < -0.39 is 0 Å². The van der Waals surface area contributed by atoms with Gasteiger partial charge in [0.1, 0.15) is 5.82 Å². The molecule has 8 heteroatoms. The topological polar surface area (TPSA) is 71.8 Å². The van der Waals surface area contributed by atoms with E-state index in [9.17, 15) is 9.18 Å². The van der Waals surface area contributed by atoms with Gasteiger partial charge in [-0.15, -0.1) is 17.5 Å². The van der Waals surface area contributed by atoms with E-state index in [-0.39, 0.29) is 29.8 Å². The van der Waals surface area contributed by atoms with Crippen molar-refractivity contribution in [3.63, 3.8) is 0 Å². The molecular formula is C13H17ClFN5O. The van der Waals surface area contributed by atoms with Gasteiger partial charge >= 0.3 is 0 Å². The Kier molecular flexibility index (Phi) is 6.77. The van der Waals surface area contributed by atoms with Crippen LogP contribution in [0.4, 0.5) is 4.39 Å². The number of nitrogens with one attached hydrogen (secondary N) is 2. The highest BCUT2D eigenvalue weighted by molar-refractivity contribution is 5.91. The number of hydrogen-bond acceptors (Lipinski definition) is 4. The normalized spacial score (nSPS) is 10.0. The molecule has 2 N–H and O–H groups in total. The molecule has 1 aromatic heterocycles. The Hall–Kier alpha value is -1.99. The predicted molar refractivity (Wildman–Crippen MR) is 79.4 cm³/mol. The Labute approximate surface area is 128 Å². The summed E-state index contributed by atoms with van der Waals surface area (Å²) in [4.78, 5) is 13.1. The maximum atomic E-state index is 12.8. The molecule has 0 unspecified atom stereocenters. The van der Waals surface area contributed by atoms with Gasteiger partial charge in [0.15, 0.2) is 5.69 Å². The summed E-state index contributed by atoms with van der Waals surface area (Å²) in [6.07, 6.45) is 1.38. The molecule has 2 aromatic rings. The Morgan fingerprint density at radius 3 is 2.67 bits per heavy atom. The highest BCUT2D eigenvalue weighted by Crippen LogP contribution is 2.06. The van der Waals surface area contributed by atoms with Gasteiger partial charge in [-0.3, -0.25) is 4.79 Å². The van der Waals surface area contributed by atoms with Gasteiger partial charge in [-0.25, -0.2) is 4.39 Å². The highest BCUT2D eigenvalue weighted by atomic mass is 35.5. The van der Waals surface area contributed by atoms with Crippen molar-refractivity contribution in [3.8, 4) is 5.69 Å². The standard InChI is InChI=1S/C13H16FN5O.ClH/c1-2-15-7-8-16-13(20)12-9-17-19(18-12)11-5-3-10(14)4-6-11;/h3-6,9,15H,2,7-8H2,1H3,(H,16,20);1H. The third-order valence-corrected chi connectivity index (χ3v) is 2.62. The molecule has 0 bridgehead atoms. The fraction of sp³-hybridized carbons (Fsp3) is 0.308. The van der Waals surface area contributed by atoms with Crippen LogP contribution in [-0.4, -0.2) is 40.5 Å². The molecule has 0 saturated heterocycles. The molecular weight excluding hydrogens is 297 g/mol. The van der Waals surface area contributed by atoms with Crippen molar-refractivity contribution >= 4 is 18.3 Å². The number of benzene rings is 1. The van der Waals surface area contributed by atoms with E-state index in [2.05, 4.69) is 20.8 Å². The largest absolute Gasteiger partial charge is 0.349 e. The first-order chi connectivity index (χ1) is 9.70. The molecule has 21 heavy (non-hydrogen) atoms. The summed E-state index contributed by atoms with van der Waals surface area (Å²) >= 11 is 0. The van der Waals surface area contributed by atoms with Gasteiger partial charge in [0.2, 0.25) is 0 Å². The van der Waals surface area contributed by atoms with E-state index in [1.54, 1.807) is 12.1 Å². The summed E-state index contributed by atoms with van der Waals surface area (Å²) in [6.45, 7) is 4.08. The molecule has 0 radical (unpaired) electrons. The monoisotopic (exact) mass is 313 g/mol. The number of rotatable bonds is 6. The lowest BCUT2D eigenvalue weighted by atomic mass is 10.3. The van der Waals surface area contributed by atoms with Crippen LogP contribution in [0.5, 0.6) is 0 Å². The number of carbonyl (C=O) groups is 1. The summed E-state index contributed by atoms with van der Waals surface area (Å²) in [7, 11) is 0. The zero-order valence-corrected chi connectivity index (χ0v) is 12.4. The van der Waals surface area contributed by atoms with E-state index in [1.165, 1.54) is 23.1 Å². The number of nitrogens with zero attached hydrogens (tertiary/aromatic N) is 3. The molecule has 114 valence electrons. The number of carbonyl (C=O) groups excluding carboxylic acids is 1. The minimum absolute atomic E-state index is 0. The van der Waals surface area contributed by atoms with E-state index in [1.807, 2.05) is 6.92 Å². The summed E-state index contributed by atoms with van der Waals surface area (Å²) < 4.78 is 12.8. The fourth-order valence-electron chi connectivity index (χ4n) is 1.60. The van der Waals surface area contributed by atoms with Crippen LogP contribution in [-0.2, 0) is 0 Å². The fourth-order valence-corrected chi connectivity index (χ4v) is 1.60. The van der Waals surface area contributed by atoms with Crippen molar-refractivity contribution < 1.29 is 9.18 Å². The van der Waals surface area contributed by atoms with Crippen LogP contribution < -0.4 is 10.6 Å². The third kappa shape index (κ3) is 4.80. The zero-order chi connectivity index (χ0) is 14.4. The van der Waals surface area contributed by atoms with Crippen molar-refractivity contribution in [2.45, 2.75) is 6.92 Å². The SMILES string of the molecule is CCNCCNC(=O)c1cnn(-c2ccc(F)cc2)n1.Cl. The number of hydrogen-bond donors (Lipinski definition) is 2. The van der Waals surface area contributed by atoms with Crippen LogP contribution in [0.25, 0.3) is 5.69 Å². The quantitative estimate of drug-likeness (QED) is 0.785.